The first kappa shape index (κ1) is 26.9. The second kappa shape index (κ2) is 9.68. The van der Waals surface area contributed by atoms with Gasteiger partial charge in [-0.3, -0.25) is 9.80 Å². The van der Waals surface area contributed by atoms with Gasteiger partial charge in [-0.25, -0.2) is 13.6 Å². The number of piperazine rings is 1. The van der Waals surface area contributed by atoms with Gasteiger partial charge < -0.3 is 14.4 Å². The van der Waals surface area contributed by atoms with Crippen LogP contribution in [0.3, 0.4) is 0 Å². The molecular formula is C28H36BrF2N5O3. The minimum atomic E-state index is -0.866. The zero-order valence-corrected chi connectivity index (χ0v) is 24.6. The van der Waals surface area contributed by atoms with Crippen LogP contribution in [0, 0.1) is 12.7 Å². The molecule has 0 unspecified atom stereocenters. The van der Waals surface area contributed by atoms with Crippen LogP contribution in [0.2, 0.25) is 0 Å². The minimum Gasteiger partial charge on any atom is -0.461 e. The third-order valence-corrected chi connectivity index (χ3v) is 9.60. The Morgan fingerprint density at radius 2 is 1.92 bits per heavy atom. The number of aryl methyl sites for hydroxylation is 1. The number of carbonyl (C=O) groups excluding carboxylic acids is 1. The predicted octanol–water partition coefficient (Wildman–Crippen LogP) is 5.38. The number of alkyl halides is 1. The fraction of sp³-hybridized carbons (Fsp3) is 0.679. The number of hydrogen-bond acceptors (Lipinski definition) is 7. The maximum Gasteiger partial charge on any atom is 0.410 e. The number of aromatic nitrogens is 2. The molecule has 8 nitrogen and oxygen atoms in total. The SMILES string of the molecule is Cc1cc2c(N3C[C@H]4CC[C@@H](C3)N4C(=O)OC(C)(C)C)nc(OC[C@@]34CCCN3C[C@H](F)C4)nc2c(F)c1Br. The minimum absolute atomic E-state index is 0.0275. The third-order valence-electron chi connectivity index (χ3n) is 8.63. The van der Waals surface area contributed by atoms with Gasteiger partial charge in [-0.2, -0.15) is 9.97 Å². The lowest BCUT2D eigenvalue weighted by molar-refractivity contribution is 0.0122. The Morgan fingerprint density at radius 1 is 1.21 bits per heavy atom. The van der Waals surface area contributed by atoms with Crippen molar-refractivity contribution in [2.75, 3.05) is 37.7 Å². The average Bonchev–Trinajstić information content (AvgIpc) is 3.47. The van der Waals surface area contributed by atoms with Gasteiger partial charge >= 0.3 is 12.1 Å². The zero-order valence-electron chi connectivity index (χ0n) is 23.0. The number of benzene rings is 1. The highest BCUT2D eigenvalue weighted by Gasteiger charge is 2.50. The Morgan fingerprint density at radius 3 is 2.62 bits per heavy atom. The normalized spacial score (nSPS) is 28.8. The Hall–Kier alpha value is -2.27. The first-order chi connectivity index (χ1) is 18.4. The summed E-state index contributed by atoms with van der Waals surface area (Å²) in [5.41, 5.74) is 0.00283. The van der Waals surface area contributed by atoms with E-state index in [1.54, 1.807) is 0 Å². The molecule has 0 N–H and O–H groups in total. The van der Waals surface area contributed by atoms with Crippen molar-refractivity contribution in [2.45, 2.75) is 89.2 Å². The van der Waals surface area contributed by atoms with Crippen LogP contribution in [0.5, 0.6) is 6.01 Å². The molecule has 2 bridgehead atoms. The van der Waals surface area contributed by atoms with Crippen molar-refractivity contribution in [3.63, 3.8) is 0 Å². The van der Waals surface area contributed by atoms with Gasteiger partial charge in [-0.1, -0.05) is 0 Å². The van der Waals surface area contributed by atoms with Crippen molar-refractivity contribution in [1.82, 2.24) is 19.8 Å². The molecule has 0 aliphatic carbocycles. The van der Waals surface area contributed by atoms with E-state index in [0.29, 0.717) is 41.7 Å². The average molecular weight is 609 g/mol. The van der Waals surface area contributed by atoms with Crippen LogP contribution in [0.4, 0.5) is 19.4 Å². The fourth-order valence-corrected chi connectivity index (χ4v) is 7.24. The number of ether oxygens (including phenoxy) is 2. The van der Waals surface area contributed by atoms with E-state index in [2.05, 4.69) is 30.7 Å². The van der Waals surface area contributed by atoms with Crippen LogP contribution in [0.25, 0.3) is 10.9 Å². The molecule has 5 heterocycles. The highest BCUT2D eigenvalue weighted by Crippen LogP contribution is 2.41. The molecule has 4 saturated heterocycles. The molecule has 1 aromatic heterocycles. The molecule has 4 atom stereocenters. The van der Waals surface area contributed by atoms with E-state index < -0.39 is 17.6 Å². The van der Waals surface area contributed by atoms with Gasteiger partial charge in [0.2, 0.25) is 0 Å². The molecule has 0 radical (unpaired) electrons. The van der Waals surface area contributed by atoms with E-state index in [0.717, 1.165) is 37.8 Å². The molecule has 212 valence electrons. The maximum atomic E-state index is 15.5. The molecule has 2 aromatic rings. The number of hydrogen-bond donors (Lipinski definition) is 0. The summed E-state index contributed by atoms with van der Waals surface area (Å²) in [6.07, 6.45) is 2.88. The van der Waals surface area contributed by atoms with E-state index in [-0.39, 0.29) is 41.8 Å². The number of fused-ring (bicyclic) bond motifs is 4. The summed E-state index contributed by atoms with van der Waals surface area (Å²) >= 11 is 3.36. The fourth-order valence-electron chi connectivity index (χ4n) is 6.94. The van der Waals surface area contributed by atoms with E-state index in [9.17, 15) is 9.18 Å². The van der Waals surface area contributed by atoms with E-state index in [1.807, 2.05) is 38.7 Å². The van der Waals surface area contributed by atoms with Crippen molar-refractivity contribution in [3.8, 4) is 6.01 Å². The highest BCUT2D eigenvalue weighted by molar-refractivity contribution is 9.10. The summed E-state index contributed by atoms with van der Waals surface area (Å²) in [6.45, 7) is 10.1. The van der Waals surface area contributed by atoms with Gasteiger partial charge in [0, 0.05) is 31.4 Å². The summed E-state index contributed by atoms with van der Waals surface area (Å²) in [6, 6.07) is 1.93. The monoisotopic (exact) mass is 607 g/mol. The molecule has 11 heteroatoms. The molecular weight excluding hydrogens is 572 g/mol. The smallest absolute Gasteiger partial charge is 0.410 e. The quantitative estimate of drug-likeness (QED) is 0.462. The topological polar surface area (TPSA) is 71.0 Å². The van der Waals surface area contributed by atoms with Gasteiger partial charge in [0.25, 0.3) is 0 Å². The summed E-state index contributed by atoms with van der Waals surface area (Å²) in [5.74, 6) is 0.139. The molecule has 4 fully saturated rings. The standard InChI is InChI=1S/C28H36BrF2N5O3/c1-16-10-20-23(22(31)21(16)29)32-25(38-15-28-8-5-9-35(28)12-17(30)11-28)33-24(20)34-13-18-6-7-19(14-34)36(18)26(37)39-27(2,3)4/h10,17-19H,5-9,11-15H2,1-4H3/t17-,18-,19+,28+/m1/s1. The second-order valence-electron chi connectivity index (χ2n) is 12.6. The molecule has 6 rings (SSSR count). The highest BCUT2D eigenvalue weighted by atomic mass is 79.9. The molecule has 0 saturated carbocycles. The van der Waals surface area contributed by atoms with Crippen LogP contribution >= 0.6 is 15.9 Å². The zero-order chi connectivity index (χ0) is 27.7. The van der Waals surface area contributed by atoms with Crippen LogP contribution in [-0.2, 0) is 4.74 Å². The third kappa shape index (κ3) is 4.83. The molecule has 1 amide bonds. The number of amides is 1. The van der Waals surface area contributed by atoms with Crippen molar-refractivity contribution >= 4 is 38.7 Å². The molecule has 4 aliphatic rings. The number of rotatable bonds is 4. The van der Waals surface area contributed by atoms with Crippen LogP contribution < -0.4 is 9.64 Å². The summed E-state index contributed by atoms with van der Waals surface area (Å²) in [7, 11) is 0. The lowest BCUT2D eigenvalue weighted by Crippen LogP contribution is -2.57. The summed E-state index contributed by atoms with van der Waals surface area (Å²) in [4.78, 5) is 28.5. The van der Waals surface area contributed by atoms with Crippen LogP contribution in [0.1, 0.15) is 58.4 Å². The van der Waals surface area contributed by atoms with Crippen LogP contribution in [0.15, 0.2) is 10.5 Å². The Kier molecular flexibility index (Phi) is 6.68. The maximum absolute atomic E-state index is 15.5. The lowest BCUT2D eigenvalue weighted by atomic mass is 9.95. The van der Waals surface area contributed by atoms with E-state index in [1.165, 1.54) is 0 Å². The first-order valence-corrected chi connectivity index (χ1v) is 14.7. The van der Waals surface area contributed by atoms with Crippen molar-refractivity contribution in [1.29, 1.82) is 0 Å². The van der Waals surface area contributed by atoms with Gasteiger partial charge in [0.15, 0.2) is 5.82 Å². The lowest BCUT2D eigenvalue weighted by Gasteiger charge is -2.42. The van der Waals surface area contributed by atoms with Gasteiger partial charge in [-0.15, -0.1) is 0 Å². The van der Waals surface area contributed by atoms with E-state index >= 15 is 4.39 Å². The van der Waals surface area contributed by atoms with Gasteiger partial charge in [0.1, 0.15) is 29.7 Å². The largest absolute Gasteiger partial charge is 0.461 e. The van der Waals surface area contributed by atoms with Gasteiger partial charge in [-0.05, 0) is 87.5 Å². The van der Waals surface area contributed by atoms with Crippen molar-refractivity contribution in [2.24, 2.45) is 0 Å². The molecule has 4 aliphatic heterocycles. The summed E-state index contributed by atoms with van der Waals surface area (Å²) in [5, 5.41) is 0.607. The van der Waals surface area contributed by atoms with Gasteiger partial charge in [0.05, 0.1) is 22.1 Å². The second-order valence-corrected chi connectivity index (χ2v) is 13.4. The number of nitrogens with zero attached hydrogens (tertiary/aromatic N) is 5. The molecule has 39 heavy (non-hydrogen) atoms. The molecule has 0 spiro atoms. The molecule has 1 aromatic carbocycles. The van der Waals surface area contributed by atoms with Crippen LogP contribution in [-0.4, -0.2) is 88.0 Å². The van der Waals surface area contributed by atoms with Crippen molar-refractivity contribution < 1.29 is 23.0 Å². The Labute approximate surface area is 236 Å². The summed E-state index contributed by atoms with van der Waals surface area (Å²) < 4.78 is 42.1. The predicted molar refractivity (Wildman–Crippen MR) is 148 cm³/mol. The Balaban J connectivity index is 1.32. The Bertz CT molecular complexity index is 1290. The van der Waals surface area contributed by atoms with E-state index in [4.69, 9.17) is 14.5 Å². The number of anilines is 1. The van der Waals surface area contributed by atoms with Crippen molar-refractivity contribution in [3.05, 3.63) is 21.9 Å². The number of carbonyl (C=O) groups is 1. The number of halogens is 3. The first-order valence-electron chi connectivity index (χ1n) is 13.9.